The first-order valence-electron chi connectivity index (χ1n) is 4.31. The van der Waals surface area contributed by atoms with E-state index >= 15 is 0 Å². The lowest BCUT2D eigenvalue weighted by Crippen LogP contribution is -2.04. The summed E-state index contributed by atoms with van der Waals surface area (Å²) in [5, 5.41) is 17.4. The third-order valence-corrected chi connectivity index (χ3v) is 1.98. The van der Waals surface area contributed by atoms with Crippen LogP contribution in [0.15, 0.2) is 24.3 Å². The van der Waals surface area contributed by atoms with Crippen molar-refractivity contribution >= 4 is 5.97 Å². The fourth-order valence-corrected chi connectivity index (χ4v) is 1.30. The van der Waals surface area contributed by atoms with Crippen LogP contribution >= 0.6 is 0 Å². The molecule has 1 aromatic rings. The maximum absolute atomic E-state index is 10.5. The van der Waals surface area contributed by atoms with Crippen molar-refractivity contribution in [3.05, 3.63) is 35.4 Å². The maximum Gasteiger partial charge on any atom is 0.305 e. The Labute approximate surface area is 82.6 Å². The van der Waals surface area contributed by atoms with Crippen molar-refractivity contribution < 1.29 is 9.90 Å². The molecule has 0 radical (unpaired) electrons. The molecular weight excluding hydrogens is 178 g/mol. The minimum atomic E-state index is -0.946. The minimum absolute atomic E-state index is 0.139. The number of nitriles is 1. The molecule has 0 bridgehead atoms. The standard InChI is InChI=1S/C11H11NO2/c1-8-3-2-4-9(5-8)10(7-12)6-11(13)14/h2-5,10H,6H2,1H3,(H,13,14). The summed E-state index contributed by atoms with van der Waals surface area (Å²) in [6.07, 6.45) is -0.139. The van der Waals surface area contributed by atoms with Gasteiger partial charge in [-0.3, -0.25) is 4.79 Å². The van der Waals surface area contributed by atoms with E-state index in [4.69, 9.17) is 10.4 Å². The Kier molecular flexibility index (Phi) is 3.24. The summed E-state index contributed by atoms with van der Waals surface area (Å²) in [6.45, 7) is 1.92. The van der Waals surface area contributed by atoms with Crippen LogP contribution in [0.2, 0.25) is 0 Å². The van der Waals surface area contributed by atoms with Gasteiger partial charge in [0.15, 0.2) is 0 Å². The van der Waals surface area contributed by atoms with Crippen LogP contribution in [0.5, 0.6) is 0 Å². The van der Waals surface area contributed by atoms with Crippen molar-refractivity contribution in [2.75, 3.05) is 0 Å². The first-order valence-corrected chi connectivity index (χ1v) is 4.31. The molecule has 0 aliphatic heterocycles. The van der Waals surface area contributed by atoms with Crippen LogP contribution in [0.1, 0.15) is 23.5 Å². The van der Waals surface area contributed by atoms with Crippen LogP contribution in [-0.2, 0) is 4.79 Å². The van der Waals surface area contributed by atoms with Gasteiger partial charge < -0.3 is 5.11 Å². The number of carboxylic acid groups (broad SMARTS) is 1. The summed E-state index contributed by atoms with van der Waals surface area (Å²) >= 11 is 0. The number of nitrogens with zero attached hydrogens (tertiary/aromatic N) is 1. The second kappa shape index (κ2) is 4.43. The number of carbonyl (C=O) groups is 1. The van der Waals surface area contributed by atoms with Gasteiger partial charge in [-0.05, 0) is 12.5 Å². The number of carboxylic acids is 1. The summed E-state index contributed by atoms with van der Waals surface area (Å²) in [5.41, 5.74) is 1.81. The average Bonchev–Trinajstić information content (AvgIpc) is 2.14. The molecule has 1 unspecified atom stereocenters. The summed E-state index contributed by atoms with van der Waals surface area (Å²) in [4.78, 5) is 10.5. The van der Waals surface area contributed by atoms with Gasteiger partial charge in [0.05, 0.1) is 18.4 Å². The van der Waals surface area contributed by atoms with Gasteiger partial charge in [0.25, 0.3) is 0 Å². The van der Waals surface area contributed by atoms with Gasteiger partial charge in [0, 0.05) is 0 Å². The smallest absolute Gasteiger partial charge is 0.305 e. The largest absolute Gasteiger partial charge is 0.481 e. The van der Waals surface area contributed by atoms with Crippen molar-refractivity contribution in [1.29, 1.82) is 5.26 Å². The van der Waals surface area contributed by atoms with Crippen LogP contribution in [0.4, 0.5) is 0 Å². The molecule has 0 fully saturated rings. The SMILES string of the molecule is Cc1cccc(C(C#N)CC(=O)O)c1. The summed E-state index contributed by atoms with van der Waals surface area (Å²) in [7, 11) is 0. The van der Waals surface area contributed by atoms with E-state index in [-0.39, 0.29) is 6.42 Å². The van der Waals surface area contributed by atoms with Crippen LogP contribution in [0, 0.1) is 18.3 Å². The van der Waals surface area contributed by atoms with Crippen molar-refractivity contribution in [3.8, 4) is 6.07 Å². The first-order chi connectivity index (χ1) is 6.63. The van der Waals surface area contributed by atoms with E-state index in [9.17, 15) is 4.79 Å². The van der Waals surface area contributed by atoms with Gasteiger partial charge in [0.1, 0.15) is 0 Å². The number of aryl methyl sites for hydroxylation is 1. The van der Waals surface area contributed by atoms with E-state index in [1.165, 1.54) is 0 Å². The van der Waals surface area contributed by atoms with Crippen molar-refractivity contribution in [2.45, 2.75) is 19.3 Å². The fourth-order valence-electron chi connectivity index (χ4n) is 1.30. The van der Waals surface area contributed by atoms with Crippen LogP contribution < -0.4 is 0 Å². The Bertz CT molecular complexity index is 379. The molecule has 0 amide bonds. The Morgan fingerprint density at radius 1 is 1.64 bits per heavy atom. The molecule has 0 aromatic heterocycles. The third-order valence-electron chi connectivity index (χ3n) is 1.98. The molecule has 0 heterocycles. The Morgan fingerprint density at radius 2 is 2.36 bits per heavy atom. The lowest BCUT2D eigenvalue weighted by molar-refractivity contribution is -0.137. The summed E-state index contributed by atoms with van der Waals surface area (Å²) < 4.78 is 0. The van der Waals surface area contributed by atoms with E-state index in [0.717, 1.165) is 11.1 Å². The average molecular weight is 189 g/mol. The van der Waals surface area contributed by atoms with Gasteiger partial charge in [-0.1, -0.05) is 29.8 Å². The van der Waals surface area contributed by atoms with Gasteiger partial charge in [-0.2, -0.15) is 5.26 Å². The predicted molar refractivity (Wildman–Crippen MR) is 51.8 cm³/mol. The quantitative estimate of drug-likeness (QED) is 0.791. The topological polar surface area (TPSA) is 61.1 Å². The molecule has 1 N–H and O–H groups in total. The molecule has 0 saturated heterocycles. The van der Waals surface area contributed by atoms with Gasteiger partial charge in [0.2, 0.25) is 0 Å². The number of hydrogen-bond acceptors (Lipinski definition) is 2. The highest BCUT2D eigenvalue weighted by atomic mass is 16.4. The predicted octanol–water partition coefficient (Wildman–Crippen LogP) is 2.08. The van der Waals surface area contributed by atoms with Crippen molar-refractivity contribution in [1.82, 2.24) is 0 Å². The maximum atomic E-state index is 10.5. The van der Waals surface area contributed by atoms with E-state index in [1.807, 2.05) is 31.2 Å². The van der Waals surface area contributed by atoms with Crippen molar-refractivity contribution in [3.63, 3.8) is 0 Å². The zero-order valence-corrected chi connectivity index (χ0v) is 7.90. The zero-order valence-electron chi connectivity index (χ0n) is 7.90. The first kappa shape index (κ1) is 10.3. The number of aliphatic carboxylic acids is 1. The highest BCUT2D eigenvalue weighted by Gasteiger charge is 2.14. The second-order valence-electron chi connectivity index (χ2n) is 3.19. The molecule has 72 valence electrons. The molecule has 1 atom stereocenters. The van der Waals surface area contributed by atoms with E-state index in [0.29, 0.717) is 0 Å². The Morgan fingerprint density at radius 3 is 2.86 bits per heavy atom. The molecule has 0 spiro atoms. The summed E-state index contributed by atoms with van der Waals surface area (Å²) in [6, 6.07) is 9.37. The molecule has 0 aliphatic rings. The lowest BCUT2D eigenvalue weighted by Gasteiger charge is -2.06. The molecule has 1 aromatic carbocycles. The molecule has 3 nitrogen and oxygen atoms in total. The van der Waals surface area contributed by atoms with E-state index < -0.39 is 11.9 Å². The van der Waals surface area contributed by atoms with Gasteiger partial charge >= 0.3 is 5.97 Å². The monoisotopic (exact) mass is 189 g/mol. The number of benzene rings is 1. The highest BCUT2D eigenvalue weighted by molar-refractivity contribution is 5.68. The molecule has 0 aliphatic carbocycles. The number of rotatable bonds is 3. The Hall–Kier alpha value is -1.82. The second-order valence-corrected chi connectivity index (χ2v) is 3.19. The Balaban J connectivity index is 2.90. The molecule has 3 heteroatoms. The van der Waals surface area contributed by atoms with Crippen LogP contribution in [0.3, 0.4) is 0 Å². The van der Waals surface area contributed by atoms with E-state index in [1.54, 1.807) is 6.07 Å². The van der Waals surface area contributed by atoms with Crippen LogP contribution in [-0.4, -0.2) is 11.1 Å². The normalized spacial score (nSPS) is 11.7. The van der Waals surface area contributed by atoms with E-state index in [2.05, 4.69) is 0 Å². The highest BCUT2D eigenvalue weighted by Crippen LogP contribution is 2.19. The van der Waals surface area contributed by atoms with Crippen molar-refractivity contribution in [2.24, 2.45) is 0 Å². The molecule has 0 saturated carbocycles. The zero-order chi connectivity index (χ0) is 10.6. The van der Waals surface area contributed by atoms with Crippen LogP contribution in [0.25, 0.3) is 0 Å². The lowest BCUT2D eigenvalue weighted by atomic mass is 9.96. The number of hydrogen-bond donors (Lipinski definition) is 1. The molecular formula is C11H11NO2. The molecule has 1 rings (SSSR count). The minimum Gasteiger partial charge on any atom is -0.481 e. The molecule has 14 heavy (non-hydrogen) atoms. The fraction of sp³-hybridized carbons (Fsp3) is 0.273. The summed E-state index contributed by atoms with van der Waals surface area (Å²) in [5.74, 6) is -1.49. The van der Waals surface area contributed by atoms with Gasteiger partial charge in [-0.15, -0.1) is 0 Å². The van der Waals surface area contributed by atoms with Gasteiger partial charge in [-0.25, -0.2) is 0 Å². The third kappa shape index (κ3) is 2.60.